The Bertz CT molecular complexity index is 1760. The van der Waals surface area contributed by atoms with E-state index in [2.05, 4.69) is 91.8 Å². The van der Waals surface area contributed by atoms with Crippen molar-refractivity contribution in [2.24, 2.45) is 0 Å². The fourth-order valence-corrected chi connectivity index (χ4v) is 7.76. The van der Waals surface area contributed by atoms with E-state index in [4.69, 9.17) is 69.6 Å². The third-order valence-electron chi connectivity index (χ3n) is 8.67. The Morgan fingerprint density at radius 3 is 1.48 bits per heavy atom. The molecule has 276 valence electrons. The number of allylic oxidation sites excluding steroid dienone is 4. The van der Waals surface area contributed by atoms with Crippen LogP contribution in [0.3, 0.4) is 0 Å². The second kappa shape index (κ2) is 19.0. The standard InChI is InChI=1S/C23H29.C15H8Cl6.C5H5.2ClH.Zr/c1-14-9-16-11-17-10-15(2)21(23(6,7)8)13-19(17)18(16)12-20(14)22(3,4)5;16-14(17,18)12-5-1-10(2-6-12)9-11-3-7-13(8-4-11)15(19,20)21;1-2-4-5-3-1;;;/h9,12-13H,11H2,1-8H3;1-8H;1-3H,4H2;2*1H;/q-1;;-1;;;+2. The summed E-state index contributed by atoms with van der Waals surface area (Å²) in [6.07, 6.45) is 11.0. The monoisotopic (exact) mass is 930 g/mol. The molecule has 0 heterocycles. The van der Waals surface area contributed by atoms with Gasteiger partial charge in [0.1, 0.15) is 0 Å². The molecule has 0 spiro atoms. The maximum absolute atomic E-state index is 5.86. The average molecular weight is 936 g/mol. The van der Waals surface area contributed by atoms with Gasteiger partial charge in [-0.05, 0) is 35.4 Å². The summed E-state index contributed by atoms with van der Waals surface area (Å²) in [4.78, 5) is 0. The zero-order chi connectivity index (χ0) is 37.2. The smallest absolute Gasteiger partial charge is 0.109 e. The molecule has 0 bridgehead atoms. The first-order valence-corrected chi connectivity index (χ1v) is 19.9. The summed E-state index contributed by atoms with van der Waals surface area (Å²) in [5.74, 6) is 0. The summed E-state index contributed by atoms with van der Waals surface area (Å²) in [5.41, 5.74) is 15.0. The molecule has 2 aliphatic rings. The number of rotatable bonds is 2. The molecular formula is C43H44Cl8Zr. The number of hydrogen-bond donors (Lipinski definition) is 0. The first-order valence-electron chi connectivity index (χ1n) is 16.4. The van der Waals surface area contributed by atoms with E-state index in [1.807, 2.05) is 60.7 Å². The molecule has 0 N–H and O–H groups in total. The maximum Gasteiger partial charge on any atom is -0.109 e. The van der Waals surface area contributed by atoms with Crippen molar-refractivity contribution >= 4 is 97.6 Å². The Morgan fingerprint density at radius 1 is 0.654 bits per heavy atom. The van der Waals surface area contributed by atoms with E-state index >= 15 is 0 Å². The van der Waals surface area contributed by atoms with Crippen LogP contribution in [0.2, 0.25) is 0 Å². The van der Waals surface area contributed by atoms with Crippen LogP contribution >= 0.6 is 94.4 Å². The van der Waals surface area contributed by atoms with Gasteiger partial charge in [0.05, 0.1) is 0 Å². The van der Waals surface area contributed by atoms with Crippen LogP contribution in [0.25, 0.3) is 11.1 Å². The van der Waals surface area contributed by atoms with Gasteiger partial charge in [-0.25, -0.2) is 12.2 Å². The van der Waals surface area contributed by atoms with E-state index < -0.39 is 7.59 Å². The van der Waals surface area contributed by atoms with Crippen LogP contribution in [-0.2, 0) is 49.1 Å². The number of fused-ring (bicyclic) bond motifs is 3. The molecule has 52 heavy (non-hydrogen) atoms. The van der Waals surface area contributed by atoms with Gasteiger partial charge in [0.2, 0.25) is 0 Å². The summed E-state index contributed by atoms with van der Waals surface area (Å²) in [6.45, 7) is 18.2. The molecule has 0 unspecified atom stereocenters. The molecule has 0 saturated carbocycles. The minimum atomic E-state index is -1.41. The molecule has 0 saturated heterocycles. The summed E-state index contributed by atoms with van der Waals surface area (Å²) < 4.78 is -1.66. The Balaban J connectivity index is 0.000000307. The third-order valence-corrected chi connectivity index (χ3v) is 11.4. The largest absolute Gasteiger partial charge is 0.273 e. The molecule has 6 rings (SSSR count). The van der Waals surface area contributed by atoms with Gasteiger partial charge >= 0.3 is 175 Å². The molecule has 4 aromatic rings. The Labute approximate surface area is 368 Å². The predicted molar refractivity (Wildman–Crippen MR) is 231 cm³/mol. The van der Waals surface area contributed by atoms with Crippen molar-refractivity contribution < 1.29 is 24.2 Å². The molecule has 2 aliphatic carbocycles. The summed E-state index contributed by atoms with van der Waals surface area (Å²) in [7, 11) is 0. The van der Waals surface area contributed by atoms with Gasteiger partial charge in [0.25, 0.3) is 0 Å². The van der Waals surface area contributed by atoms with Crippen molar-refractivity contribution in [3.8, 4) is 11.1 Å². The quantitative estimate of drug-likeness (QED) is 0.122. The number of benzene rings is 4. The van der Waals surface area contributed by atoms with Crippen molar-refractivity contribution in [2.75, 3.05) is 0 Å². The predicted octanol–water partition coefficient (Wildman–Crippen LogP) is 14.9. The zero-order valence-electron chi connectivity index (χ0n) is 30.6. The molecule has 0 aromatic heterocycles. The van der Waals surface area contributed by atoms with Gasteiger partial charge in [-0.15, -0.1) is 47.9 Å². The Hall–Kier alpha value is -0.567. The van der Waals surface area contributed by atoms with Gasteiger partial charge in [0, 0.05) is 0 Å². The van der Waals surface area contributed by atoms with Crippen LogP contribution < -0.4 is 0 Å². The number of alkyl halides is 6. The minimum Gasteiger partial charge on any atom is -0.273 e. The van der Waals surface area contributed by atoms with E-state index in [0.29, 0.717) is 11.1 Å². The first kappa shape index (κ1) is 47.6. The van der Waals surface area contributed by atoms with E-state index in [-0.39, 0.29) is 35.6 Å². The van der Waals surface area contributed by atoms with Gasteiger partial charge in [-0.3, -0.25) is 6.08 Å². The van der Waals surface area contributed by atoms with Gasteiger partial charge < -0.3 is 0 Å². The van der Waals surface area contributed by atoms with Gasteiger partial charge in [-0.2, -0.15) is 23.8 Å². The van der Waals surface area contributed by atoms with E-state index in [1.54, 1.807) is 0 Å². The second-order valence-corrected chi connectivity index (χ2v) is 20.5. The van der Waals surface area contributed by atoms with Crippen LogP contribution in [0.5, 0.6) is 0 Å². The Morgan fingerprint density at radius 2 is 1.12 bits per heavy atom. The summed E-state index contributed by atoms with van der Waals surface area (Å²) in [5, 5.41) is 0. The van der Waals surface area contributed by atoms with E-state index in [0.717, 1.165) is 24.0 Å². The second-order valence-electron chi connectivity index (χ2n) is 14.7. The normalized spacial score (nSPS) is 13.1. The number of aryl methyl sites for hydroxylation is 2. The van der Waals surface area contributed by atoms with Crippen molar-refractivity contribution in [1.29, 1.82) is 0 Å². The van der Waals surface area contributed by atoms with Crippen molar-refractivity contribution in [3.05, 3.63) is 153 Å². The van der Waals surface area contributed by atoms with Crippen molar-refractivity contribution in [2.45, 2.75) is 86.6 Å². The van der Waals surface area contributed by atoms with Gasteiger partial charge in [-0.1, -0.05) is 71.6 Å². The molecule has 0 nitrogen and oxygen atoms in total. The molecule has 4 aromatic carbocycles. The Kier molecular flexibility index (Phi) is 17.4. The molecule has 0 radical (unpaired) electrons. The van der Waals surface area contributed by atoms with Crippen LogP contribution in [0.4, 0.5) is 0 Å². The van der Waals surface area contributed by atoms with Crippen molar-refractivity contribution in [1.82, 2.24) is 0 Å². The first-order chi connectivity index (χ1) is 23.1. The third kappa shape index (κ3) is 12.5. The number of halogens is 8. The SMILES string of the molecule is Cc1[c-]c2c(cc1C(C)(C)C)-c1cc(C(C)(C)C)c(C)cc1C2.Cl.Cl.ClC(Cl)(Cl)c1ccc([C](=[Zr+2])c2ccc(C(Cl)(Cl)Cl)cc2)cc1.[C-]1=CC=CC1. The van der Waals surface area contributed by atoms with Crippen LogP contribution in [0, 0.1) is 26.0 Å². The van der Waals surface area contributed by atoms with E-state index in [9.17, 15) is 0 Å². The summed E-state index contributed by atoms with van der Waals surface area (Å²) >= 11 is 36.4. The summed E-state index contributed by atoms with van der Waals surface area (Å²) in [6, 6.07) is 25.9. The van der Waals surface area contributed by atoms with Crippen LogP contribution in [0.1, 0.15) is 104 Å². The average Bonchev–Trinajstić information content (AvgIpc) is 3.70. The fraction of sp³-hybridized carbons (Fsp3) is 0.326. The molecule has 0 amide bonds. The molecule has 0 atom stereocenters. The topological polar surface area (TPSA) is 0 Å². The van der Waals surface area contributed by atoms with Crippen LogP contribution in [0.15, 0.2) is 85.0 Å². The molecular weight excluding hydrogens is 891 g/mol. The molecule has 0 aliphatic heterocycles. The maximum atomic E-state index is 5.86. The van der Waals surface area contributed by atoms with Crippen molar-refractivity contribution in [3.63, 3.8) is 0 Å². The zero-order valence-corrected chi connectivity index (χ0v) is 39.2. The molecule has 0 fully saturated rings. The molecule has 9 heteroatoms. The number of hydrogen-bond acceptors (Lipinski definition) is 0. The fourth-order valence-electron chi connectivity index (χ4n) is 6.18. The minimum absolute atomic E-state index is 0. The van der Waals surface area contributed by atoms with Crippen LogP contribution in [-0.4, -0.2) is 3.21 Å². The van der Waals surface area contributed by atoms with Gasteiger partial charge in [0.15, 0.2) is 0 Å². The van der Waals surface area contributed by atoms with E-state index in [1.165, 1.54) is 71.9 Å².